The summed E-state index contributed by atoms with van der Waals surface area (Å²) in [6.07, 6.45) is 0. The fourth-order valence-electron chi connectivity index (χ4n) is 0.782. The molecule has 0 unspecified atom stereocenters. The lowest BCUT2D eigenvalue weighted by atomic mass is 10.3. The van der Waals surface area contributed by atoms with Gasteiger partial charge in [-0.2, -0.15) is 5.10 Å². The first-order valence-corrected chi connectivity index (χ1v) is 4.00. The minimum Gasteiger partial charge on any atom is -0.477 e. The molecule has 0 aliphatic rings. The molecule has 0 amide bonds. The first-order chi connectivity index (χ1) is 7.02. The molecule has 1 aromatic carbocycles. The van der Waals surface area contributed by atoms with Crippen molar-refractivity contribution in [1.29, 1.82) is 0 Å². The van der Waals surface area contributed by atoms with E-state index in [1.807, 2.05) is 0 Å². The average Bonchev–Trinajstić information content (AvgIpc) is 2.19. The lowest BCUT2D eigenvalue weighted by molar-refractivity contribution is -0.129. The van der Waals surface area contributed by atoms with Crippen LogP contribution >= 0.6 is 0 Å². The molecular weight excluding hydrogens is 206 g/mol. The Labute approximate surface area is 84.2 Å². The number of aliphatic carboxylic acids is 1. The smallest absolute Gasteiger partial charge is 0.351 e. The first kappa shape index (κ1) is 11.1. The van der Waals surface area contributed by atoms with Crippen LogP contribution in [0.4, 0.5) is 14.5 Å². The number of carboxylic acid groups (broad SMARTS) is 1. The van der Waals surface area contributed by atoms with Crippen LogP contribution in [-0.4, -0.2) is 16.8 Å². The molecule has 1 aromatic rings. The van der Waals surface area contributed by atoms with Gasteiger partial charge >= 0.3 is 5.97 Å². The summed E-state index contributed by atoms with van der Waals surface area (Å²) in [6, 6.07) is 3.48. The maximum Gasteiger partial charge on any atom is 0.351 e. The van der Waals surface area contributed by atoms with Crippen molar-refractivity contribution in [1.82, 2.24) is 0 Å². The Kier molecular flexibility index (Phi) is 3.33. The summed E-state index contributed by atoms with van der Waals surface area (Å²) >= 11 is 0. The van der Waals surface area contributed by atoms with Crippen molar-refractivity contribution in [2.45, 2.75) is 6.92 Å². The molecule has 0 aromatic heterocycles. The van der Waals surface area contributed by atoms with Crippen LogP contribution in [0.3, 0.4) is 0 Å². The third-order valence-corrected chi connectivity index (χ3v) is 1.61. The van der Waals surface area contributed by atoms with E-state index in [-0.39, 0.29) is 11.4 Å². The molecule has 0 radical (unpaired) electrons. The Morgan fingerprint density at radius 2 is 2.13 bits per heavy atom. The van der Waals surface area contributed by atoms with Gasteiger partial charge in [-0.1, -0.05) is 6.07 Å². The number of hydrogen-bond donors (Lipinski definition) is 2. The van der Waals surface area contributed by atoms with Gasteiger partial charge in [-0.05, 0) is 19.1 Å². The van der Waals surface area contributed by atoms with E-state index in [4.69, 9.17) is 5.11 Å². The van der Waals surface area contributed by atoms with Crippen molar-refractivity contribution in [3.63, 3.8) is 0 Å². The zero-order valence-electron chi connectivity index (χ0n) is 7.79. The summed E-state index contributed by atoms with van der Waals surface area (Å²) in [6.45, 7) is 1.23. The fraction of sp³-hybridized carbons (Fsp3) is 0.111. The monoisotopic (exact) mass is 214 g/mol. The van der Waals surface area contributed by atoms with Crippen LogP contribution in [0.2, 0.25) is 0 Å². The second-order valence-electron chi connectivity index (χ2n) is 2.72. The number of hydrazone groups is 1. The molecular formula is C9H8F2N2O2. The predicted molar refractivity (Wildman–Crippen MR) is 50.7 cm³/mol. The highest BCUT2D eigenvalue weighted by atomic mass is 19.2. The summed E-state index contributed by atoms with van der Waals surface area (Å²) in [5, 5.41) is 11.8. The van der Waals surface area contributed by atoms with Gasteiger partial charge in [0.2, 0.25) is 0 Å². The standard InChI is InChI=1S/C9H8F2N2O2/c1-5(9(14)15)12-13-7-4-2-3-6(10)8(7)11/h2-4,13H,1H3,(H,14,15)/b12-5-. The maximum absolute atomic E-state index is 13.0. The largest absolute Gasteiger partial charge is 0.477 e. The molecule has 0 saturated heterocycles. The molecule has 0 heterocycles. The van der Waals surface area contributed by atoms with E-state index in [0.29, 0.717) is 0 Å². The van der Waals surface area contributed by atoms with Crippen LogP contribution in [0.15, 0.2) is 23.3 Å². The fourth-order valence-corrected chi connectivity index (χ4v) is 0.782. The summed E-state index contributed by atoms with van der Waals surface area (Å²) in [4.78, 5) is 10.3. The number of nitrogens with one attached hydrogen (secondary N) is 1. The van der Waals surface area contributed by atoms with E-state index in [1.165, 1.54) is 19.1 Å². The number of rotatable bonds is 3. The molecule has 0 fully saturated rings. The van der Waals surface area contributed by atoms with Gasteiger partial charge in [-0.25, -0.2) is 13.6 Å². The van der Waals surface area contributed by atoms with Crippen LogP contribution < -0.4 is 5.43 Å². The Balaban J connectivity index is 2.87. The lowest BCUT2D eigenvalue weighted by Crippen LogP contribution is -2.10. The van der Waals surface area contributed by atoms with E-state index in [2.05, 4.69) is 10.5 Å². The van der Waals surface area contributed by atoms with E-state index >= 15 is 0 Å². The van der Waals surface area contributed by atoms with E-state index < -0.39 is 17.6 Å². The number of carboxylic acids is 1. The summed E-state index contributed by atoms with van der Waals surface area (Å²) in [5.41, 5.74) is 1.66. The van der Waals surface area contributed by atoms with E-state index in [9.17, 15) is 13.6 Å². The van der Waals surface area contributed by atoms with Gasteiger partial charge in [-0.3, -0.25) is 5.43 Å². The van der Waals surface area contributed by atoms with Crippen LogP contribution in [0.5, 0.6) is 0 Å². The number of benzene rings is 1. The minimum atomic E-state index is -1.24. The van der Waals surface area contributed by atoms with Crippen LogP contribution in [0.1, 0.15) is 6.92 Å². The van der Waals surface area contributed by atoms with Crippen molar-refractivity contribution in [3.8, 4) is 0 Å². The van der Waals surface area contributed by atoms with Crippen LogP contribution in [0, 0.1) is 11.6 Å². The highest BCUT2D eigenvalue weighted by Crippen LogP contribution is 2.16. The molecule has 0 spiro atoms. The van der Waals surface area contributed by atoms with Gasteiger partial charge in [0.15, 0.2) is 11.6 Å². The highest BCUT2D eigenvalue weighted by Gasteiger charge is 2.07. The molecule has 6 heteroatoms. The molecule has 4 nitrogen and oxygen atoms in total. The van der Waals surface area contributed by atoms with Crippen molar-refractivity contribution in [2.75, 3.05) is 5.43 Å². The molecule has 0 atom stereocenters. The number of halogens is 2. The molecule has 0 aliphatic heterocycles. The van der Waals surface area contributed by atoms with Crippen molar-refractivity contribution >= 4 is 17.4 Å². The van der Waals surface area contributed by atoms with Gasteiger partial charge in [-0.15, -0.1) is 0 Å². The van der Waals surface area contributed by atoms with Crippen molar-refractivity contribution < 1.29 is 18.7 Å². The second kappa shape index (κ2) is 4.50. The highest BCUT2D eigenvalue weighted by molar-refractivity contribution is 6.34. The molecule has 0 saturated carbocycles. The SMILES string of the molecule is C/C(=N/Nc1cccc(F)c1F)C(=O)O. The normalized spacial score (nSPS) is 11.3. The third kappa shape index (κ3) is 2.73. The van der Waals surface area contributed by atoms with Gasteiger partial charge in [0.05, 0.1) is 5.69 Å². The molecule has 80 valence electrons. The second-order valence-corrected chi connectivity index (χ2v) is 2.72. The van der Waals surface area contributed by atoms with Gasteiger partial charge in [0.25, 0.3) is 0 Å². The van der Waals surface area contributed by atoms with Gasteiger partial charge in [0.1, 0.15) is 5.71 Å². The number of nitrogens with zero attached hydrogens (tertiary/aromatic N) is 1. The molecule has 0 bridgehead atoms. The summed E-state index contributed by atoms with van der Waals surface area (Å²) < 4.78 is 25.7. The van der Waals surface area contributed by atoms with Crippen molar-refractivity contribution in [3.05, 3.63) is 29.8 Å². The topological polar surface area (TPSA) is 61.7 Å². The summed E-state index contributed by atoms with van der Waals surface area (Å²) in [7, 11) is 0. The zero-order chi connectivity index (χ0) is 11.4. The van der Waals surface area contributed by atoms with Crippen LogP contribution in [0.25, 0.3) is 0 Å². The average molecular weight is 214 g/mol. The Morgan fingerprint density at radius 1 is 1.47 bits per heavy atom. The van der Waals surface area contributed by atoms with Gasteiger partial charge in [0, 0.05) is 0 Å². The van der Waals surface area contributed by atoms with Gasteiger partial charge < -0.3 is 5.11 Å². The quantitative estimate of drug-likeness (QED) is 0.596. The number of hydrogen-bond acceptors (Lipinski definition) is 3. The molecule has 15 heavy (non-hydrogen) atoms. The Morgan fingerprint density at radius 3 is 2.73 bits per heavy atom. The minimum absolute atomic E-state index is 0.212. The predicted octanol–water partition coefficient (Wildman–Crippen LogP) is 1.84. The lowest BCUT2D eigenvalue weighted by Gasteiger charge is -2.02. The molecule has 0 aliphatic carbocycles. The van der Waals surface area contributed by atoms with E-state index in [1.54, 1.807) is 0 Å². The first-order valence-electron chi connectivity index (χ1n) is 4.00. The number of anilines is 1. The number of carbonyl (C=O) groups is 1. The zero-order valence-corrected chi connectivity index (χ0v) is 7.79. The van der Waals surface area contributed by atoms with Crippen LogP contribution in [-0.2, 0) is 4.79 Å². The van der Waals surface area contributed by atoms with E-state index in [0.717, 1.165) is 6.07 Å². The maximum atomic E-state index is 13.0. The molecule has 1 rings (SSSR count). The Bertz CT molecular complexity index is 419. The summed E-state index contributed by atoms with van der Waals surface area (Å²) in [5.74, 6) is -3.36. The molecule has 2 N–H and O–H groups in total. The van der Waals surface area contributed by atoms with Crippen molar-refractivity contribution in [2.24, 2.45) is 5.10 Å². The third-order valence-electron chi connectivity index (χ3n) is 1.61. The Hall–Kier alpha value is -1.98.